The molecular weight excluding hydrogens is 212 g/mol. The van der Waals surface area contributed by atoms with Crippen LogP contribution in [0.4, 0.5) is 0 Å². The second-order valence-corrected chi connectivity index (χ2v) is 10.7. The van der Waals surface area contributed by atoms with Crippen LogP contribution in [0.2, 0.25) is 19.6 Å². The van der Waals surface area contributed by atoms with Gasteiger partial charge >= 0.3 is 0 Å². The Balaban J connectivity index is 2.31. The Kier molecular flexibility index (Phi) is 2.70. The molecule has 1 aromatic rings. The van der Waals surface area contributed by atoms with Crippen molar-refractivity contribution in [2.24, 2.45) is 5.92 Å². The van der Waals surface area contributed by atoms with Gasteiger partial charge in [-0.3, -0.25) is 0 Å². The predicted octanol–water partition coefficient (Wildman–Crippen LogP) is 3.80. The first-order valence-corrected chi connectivity index (χ1v) is 9.38. The summed E-state index contributed by atoms with van der Waals surface area (Å²) in [6.45, 7) is 11.3. The highest BCUT2D eigenvalue weighted by Gasteiger charge is 2.22. The van der Waals surface area contributed by atoms with Crippen LogP contribution in [0.3, 0.4) is 0 Å². The van der Waals surface area contributed by atoms with Crippen LogP contribution in [0, 0.1) is 5.92 Å². The van der Waals surface area contributed by atoms with Gasteiger partial charge in [0.25, 0.3) is 0 Å². The molecular formula is C14H20OSi. The average molecular weight is 232 g/mol. The van der Waals surface area contributed by atoms with Crippen molar-refractivity contribution >= 4 is 19.0 Å². The van der Waals surface area contributed by atoms with E-state index in [1.165, 1.54) is 16.5 Å². The largest absolute Gasteiger partial charge is 0.466 e. The maximum absolute atomic E-state index is 5.98. The van der Waals surface area contributed by atoms with E-state index in [9.17, 15) is 0 Å². The van der Waals surface area contributed by atoms with E-state index in [2.05, 4.69) is 57.8 Å². The summed E-state index contributed by atoms with van der Waals surface area (Å²) in [5.74, 6) is 1.58. The van der Waals surface area contributed by atoms with Gasteiger partial charge < -0.3 is 4.42 Å². The van der Waals surface area contributed by atoms with E-state index >= 15 is 0 Å². The molecule has 0 spiro atoms. The fourth-order valence-corrected chi connectivity index (χ4v) is 2.87. The number of furan rings is 1. The molecule has 1 aliphatic carbocycles. The molecule has 0 N–H and O–H groups in total. The smallest absolute Gasteiger partial charge is 0.133 e. The summed E-state index contributed by atoms with van der Waals surface area (Å²) in [5.41, 5.74) is 2.66. The zero-order valence-corrected chi connectivity index (χ0v) is 11.8. The van der Waals surface area contributed by atoms with Gasteiger partial charge in [0.15, 0.2) is 0 Å². The molecule has 0 saturated heterocycles. The molecule has 0 radical (unpaired) electrons. The van der Waals surface area contributed by atoms with E-state index in [-0.39, 0.29) is 0 Å². The molecule has 1 heterocycles. The maximum Gasteiger partial charge on any atom is 0.133 e. The van der Waals surface area contributed by atoms with Gasteiger partial charge in [-0.1, -0.05) is 44.3 Å². The molecule has 2 heteroatoms. The van der Waals surface area contributed by atoms with Crippen LogP contribution in [0.5, 0.6) is 0 Å². The second-order valence-electron chi connectivity index (χ2n) is 5.71. The van der Waals surface area contributed by atoms with Crippen LogP contribution in [0.15, 0.2) is 34.3 Å². The van der Waals surface area contributed by atoms with Crippen molar-refractivity contribution in [3.8, 4) is 0 Å². The summed E-state index contributed by atoms with van der Waals surface area (Å²) in [7, 11) is -1.31. The molecule has 1 nitrogen and oxygen atoms in total. The van der Waals surface area contributed by atoms with Crippen molar-refractivity contribution in [3.63, 3.8) is 0 Å². The van der Waals surface area contributed by atoms with Crippen LogP contribution < -0.4 is 5.38 Å². The van der Waals surface area contributed by atoms with Crippen molar-refractivity contribution < 1.29 is 4.42 Å². The molecule has 1 aromatic heterocycles. The van der Waals surface area contributed by atoms with Crippen molar-refractivity contribution in [1.29, 1.82) is 0 Å². The van der Waals surface area contributed by atoms with E-state index in [4.69, 9.17) is 4.42 Å². The minimum Gasteiger partial charge on any atom is -0.466 e. The Hall–Kier alpha value is -1.02. The summed E-state index contributed by atoms with van der Waals surface area (Å²) >= 11 is 0. The van der Waals surface area contributed by atoms with Gasteiger partial charge in [-0.15, -0.1) is 0 Å². The van der Waals surface area contributed by atoms with Gasteiger partial charge in [0.2, 0.25) is 0 Å². The fraction of sp³-hybridized carbons (Fsp3) is 0.429. The highest BCUT2D eigenvalue weighted by Crippen LogP contribution is 2.30. The Bertz CT molecular complexity index is 457. The lowest BCUT2D eigenvalue weighted by Gasteiger charge is -2.11. The van der Waals surface area contributed by atoms with E-state index in [0.29, 0.717) is 5.92 Å². The standard InChI is InChI=1S/C14H20OSi/c1-10-8-12(9-11(10)2)13-6-7-14(15-13)16(3,4)5/h6-10H,1-5H3. The molecule has 86 valence electrons. The Morgan fingerprint density at radius 3 is 2.31 bits per heavy atom. The third-order valence-electron chi connectivity index (χ3n) is 3.16. The summed E-state index contributed by atoms with van der Waals surface area (Å²) < 4.78 is 5.98. The van der Waals surface area contributed by atoms with Gasteiger partial charge in [-0.2, -0.15) is 0 Å². The van der Waals surface area contributed by atoms with E-state index in [1.54, 1.807) is 0 Å². The lowest BCUT2D eigenvalue weighted by molar-refractivity contribution is 0.583. The molecule has 16 heavy (non-hydrogen) atoms. The Labute approximate surface area is 98.9 Å². The Morgan fingerprint density at radius 1 is 1.19 bits per heavy atom. The number of rotatable bonds is 2. The molecule has 0 bridgehead atoms. The van der Waals surface area contributed by atoms with Gasteiger partial charge in [-0.05, 0) is 25.0 Å². The summed E-state index contributed by atoms with van der Waals surface area (Å²) in [5, 5.41) is 1.19. The van der Waals surface area contributed by atoms with E-state index in [1.807, 2.05) is 0 Å². The minimum atomic E-state index is -1.31. The molecule has 0 aromatic carbocycles. The predicted molar refractivity (Wildman–Crippen MR) is 72.6 cm³/mol. The maximum atomic E-state index is 5.98. The third-order valence-corrected chi connectivity index (χ3v) is 4.91. The van der Waals surface area contributed by atoms with Crippen molar-refractivity contribution in [1.82, 2.24) is 0 Å². The zero-order valence-electron chi connectivity index (χ0n) is 10.8. The topological polar surface area (TPSA) is 13.1 Å². The van der Waals surface area contributed by atoms with E-state index in [0.717, 1.165) is 5.76 Å². The second kappa shape index (κ2) is 3.77. The van der Waals surface area contributed by atoms with Gasteiger partial charge in [0.05, 0.1) is 5.38 Å². The quantitative estimate of drug-likeness (QED) is 0.707. The van der Waals surface area contributed by atoms with E-state index < -0.39 is 8.07 Å². The van der Waals surface area contributed by atoms with Gasteiger partial charge in [0, 0.05) is 5.57 Å². The van der Waals surface area contributed by atoms with Gasteiger partial charge in [0.1, 0.15) is 13.8 Å². The number of allylic oxidation sites excluding steroid dienone is 4. The summed E-state index contributed by atoms with van der Waals surface area (Å²) in [4.78, 5) is 0. The summed E-state index contributed by atoms with van der Waals surface area (Å²) in [6, 6.07) is 4.26. The number of hydrogen-bond donors (Lipinski definition) is 0. The lowest BCUT2D eigenvalue weighted by Crippen LogP contribution is -2.36. The molecule has 0 saturated carbocycles. The van der Waals surface area contributed by atoms with Crippen LogP contribution in [-0.2, 0) is 0 Å². The average Bonchev–Trinajstić information content (AvgIpc) is 2.73. The van der Waals surface area contributed by atoms with Crippen LogP contribution >= 0.6 is 0 Å². The molecule has 1 unspecified atom stereocenters. The van der Waals surface area contributed by atoms with Crippen LogP contribution in [0.25, 0.3) is 5.57 Å². The molecule has 1 aliphatic rings. The molecule has 0 amide bonds. The lowest BCUT2D eigenvalue weighted by atomic mass is 10.1. The van der Waals surface area contributed by atoms with Gasteiger partial charge in [-0.25, -0.2) is 0 Å². The first kappa shape index (κ1) is 11.5. The molecule has 0 fully saturated rings. The monoisotopic (exact) mass is 232 g/mol. The Morgan fingerprint density at radius 2 is 1.88 bits per heavy atom. The van der Waals surface area contributed by atoms with Crippen LogP contribution in [-0.4, -0.2) is 8.07 Å². The highest BCUT2D eigenvalue weighted by atomic mass is 28.3. The minimum absolute atomic E-state index is 0.551. The fourth-order valence-electron chi connectivity index (χ4n) is 1.88. The zero-order chi connectivity index (χ0) is 11.9. The van der Waals surface area contributed by atoms with Crippen molar-refractivity contribution in [2.75, 3.05) is 0 Å². The molecule has 1 atom stereocenters. The first-order valence-electron chi connectivity index (χ1n) is 5.88. The molecule has 2 rings (SSSR count). The van der Waals surface area contributed by atoms with Crippen molar-refractivity contribution in [2.45, 2.75) is 33.5 Å². The number of hydrogen-bond acceptors (Lipinski definition) is 1. The SMILES string of the molecule is CC1=CC(c2ccc([Si](C)(C)C)o2)=CC1C. The normalized spacial score (nSPS) is 20.9. The molecule has 0 aliphatic heterocycles. The van der Waals surface area contributed by atoms with Crippen molar-refractivity contribution in [3.05, 3.63) is 35.6 Å². The third kappa shape index (κ3) is 2.07. The first-order chi connectivity index (χ1) is 7.38. The highest BCUT2D eigenvalue weighted by molar-refractivity contribution is 6.87. The van der Waals surface area contributed by atoms with Crippen LogP contribution in [0.1, 0.15) is 19.6 Å². The summed E-state index contributed by atoms with van der Waals surface area (Å²) in [6.07, 6.45) is 4.51.